The van der Waals surface area contributed by atoms with Crippen LogP contribution < -0.4 is 4.90 Å². The van der Waals surface area contributed by atoms with E-state index in [9.17, 15) is 14.7 Å². The molecule has 0 fully saturated rings. The largest absolute Gasteiger partial charge is 0.507 e. The van der Waals surface area contributed by atoms with E-state index in [0.717, 1.165) is 11.1 Å². The first-order chi connectivity index (χ1) is 12.4. The van der Waals surface area contributed by atoms with Gasteiger partial charge in [-0.15, -0.1) is 0 Å². The van der Waals surface area contributed by atoms with E-state index in [4.69, 9.17) is 10.00 Å². The van der Waals surface area contributed by atoms with Crippen LogP contribution in [0.5, 0.6) is 5.75 Å². The third-order valence-corrected chi connectivity index (χ3v) is 3.79. The Morgan fingerprint density at radius 2 is 1.77 bits per heavy atom. The number of ether oxygens (including phenoxy) is 1. The van der Waals surface area contributed by atoms with E-state index >= 15 is 0 Å². The second-order valence-corrected chi connectivity index (χ2v) is 5.89. The number of esters is 1. The van der Waals surface area contributed by atoms with Crippen LogP contribution in [0, 0.1) is 25.2 Å². The van der Waals surface area contributed by atoms with Crippen LogP contribution in [0.15, 0.2) is 42.5 Å². The van der Waals surface area contributed by atoms with Crippen LogP contribution in [0.25, 0.3) is 0 Å². The highest BCUT2D eigenvalue weighted by Gasteiger charge is 2.19. The van der Waals surface area contributed by atoms with E-state index in [-0.39, 0.29) is 24.3 Å². The van der Waals surface area contributed by atoms with Gasteiger partial charge < -0.3 is 14.7 Å². The summed E-state index contributed by atoms with van der Waals surface area (Å²) in [5.74, 6) is -1.42. The smallest absolute Gasteiger partial charge is 0.342 e. The standard InChI is InChI=1S/C20H20N2O4/c1-14-4-7-16(8-5-14)22(11-3-10-21)19(24)13-26-20(25)17-12-15(2)6-9-18(17)23/h4-9,12,23H,3,11,13H2,1-2H3. The molecule has 0 atom stereocenters. The lowest BCUT2D eigenvalue weighted by atomic mass is 10.1. The molecule has 0 radical (unpaired) electrons. The fraction of sp³-hybridized carbons (Fsp3) is 0.250. The molecule has 0 aliphatic heterocycles. The zero-order chi connectivity index (χ0) is 19.1. The highest BCUT2D eigenvalue weighted by atomic mass is 16.5. The van der Waals surface area contributed by atoms with Crippen molar-refractivity contribution in [3.8, 4) is 11.8 Å². The maximum Gasteiger partial charge on any atom is 0.342 e. The van der Waals surface area contributed by atoms with Crippen molar-refractivity contribution in [1.82, 2.24) is 0 Å². The van der Waals surface area contributed by atoms with Gasteiger partial charge in [0, 0.05) is 12.2 Å². The van der Waals surface area contributed by atoms with E-state index in [1.165, 1.54) is 17.0 Å². The average molecular weight is 352 g/mol. The summed E-state index contributed by atoms with van der Waals surface area (Å²) in [5.41, 5.74) is 2.47. The number of aromatic hydroxyl groups is 1. The van der Waals surface area contributed by atoms with Gasteiger partial charge in [0.05, 0.1) is 12.5 Å². The fourth-order valence-electron chi connectivity index (χ4n) is 2.38. The number of aryl methyl sites for hydroxylation is 2. The molecule has 6 nitrogen and oxygen atoms in total. The van der Waals surface area contributed by atoms with Gasteiger partial charge in [-0.2, -0.15) is 5.26 Å². The summed E-state index contributed by atoms with van der Waals surface area (Å²) in [6.45, 7) is 3.43. The number of rotatable bonds is 6. The van der Waals surface area contributed by atoms with Crippen LogP contribution in [0.2, 0.25) is 0 Å². The van der Waals surface area contributed by atoms with Crippen molar-refractivity contribution in [3.05, 3.63) is 59.2 Å². The Labute approximate surface area is 152 Å². The Kier molecular flexibility index (Phi) is 6.34. The highest BCUT2D eigenvalue weighted by molar-refractivity contribution is 5.98. The molecular weight excluding hydrogens is 332 g/mol. The van der Waals surface area contributed by atoms with Crippen molar-refractivity contribution in [2.75, 3.05) is 18.1 Å². The highest BCUT2D eigenvalue weighted by Crippen LogP contribution is 2.20. The van der Waals surface area contributed by atoms with Crippen LogP contribution >= 0.6 is 0 Å². The van der Waals surface area contributed by atoms with Crippen LogP contribution in [-0.4, -0.2) is 30.1 Å². The van der Waals surface area contributed by atoms with Gasteiger partial charge in [0.15, 0.2) is 6.61 Å². The SMILES string of the molecule is Cc1ccc(N(CCC#N)C(=O)COC(=O)c2cc(C)ccc2O)cc1. The Balaban J connectivity index is 2.09. The summed E-state index contributed by atoms with van der Waals surface area (Å²) in [4.78, 5) is 26.0. The third-order valence-electron chi connectivity index (χ3n) is 3.79. The molecule has 0 unspecified atom stereocenters. The molecular formula is C20H20N2O4. The van der Waals surface area contributed by atoms with E-state index in [2.05, 4.69) is 0 Å². The number of hydrogen-bond acceptors (Lipinski definition) is 5. The summed E-state index contributed by atoms with van der Waals surface area (Å²) in [6, 6.07) is 13.8. The minimum atomic E-state index is -0.774. The van der Waals surface area contributed by atoms with Crippen molar-refractivity contribution in [2.45, 2.75) is 20.3 Å². The molecule has 0 saturated carbocycles. The normalized spacial score (nSPS) is 10.0. The maximum absolute atomic E-state index is 12.5. The Bertz CT molecular complexity index is 838. The van der Waals surface area contributed by atoms with Gasteiger partial charge in [-0.3, -0.25) is 4.79 Å². The predicted octanol–water partition coefficient (Wildman–Crippen LogP) is 3.11. The molecule has 0 spiro atoms. The first-order valence-corrected chi connectivity index (χ1v) is 8.13. The number of carbonyl (C=O) groups excluding carboxylic acids is 2. The van der Waals surface area contributed by atoms with Crippen molar-refractivity contribution in [1.29, 1.82) is 5.26 Å². The minimum absolute atomic E-state index is 0.0108. The molecule has 2 aromatic carbocycles. The fourth-order valence-corrected chi connectivity index (χ4v) is 2.38. The monoisotopic (exact) mass is 352 g/mol. The zero-order valence-corrected chi connectivity index (χ0v) is 14.7. The second-order valence-electron chi connectivity index (χ2n) is 5.89. The number of phenolic OH excluding ortho intramolecular Hbond substituents is 1. The van der Waals surface area contributed by atoms with E-state index in [0.29, 0.717) is 5.69 Å². The number of nitriles is 1. The first kappa shape index (κ1) is 19.0. The van der Waals surface area contributed by atoms with Gasteiger partial charge in [-0.05, 0) is 38.1 Å². The van der Waals surface area contributed by atoms with Gasteiger partial charge >= 0.3 is 5.97 Å². The van der Waals surface area contributed by atoms with Crippen molar-refractivity contribution >= 4 is 17.6 Å². The molecule has 0 bridgehead atoms. The molecule has 1 N–H and O–H groups in total. The van der Waals surface area contributed by atoms with E-state index in [1.807, 2.05) is 25.1 Å². The number of benzene rings is 2. The maximum atomic E-state index is 12.5. The van der Waals surface area contributed by atoms with E-state index < -0.39 is 18.5 Å². The molecule has 0 aromatic heterocycles. The number of amides is 1. The molecule has 1 amide bonds. The van der Waals surface area contributed by atoms with Gasteiger partial charge in [-0.1, -0.05) is 29.3 Å². The lowest BCUT2D eigenvalue weighted by Gasteiger charge is -2.22. The Morgan fingerprint density at radius 3 is 2.42 bits per heavy atom. The van der Waals surface area contributed by atoms with Crippen LogP contribution in [-0.2, 0) is 9.53 Å². The Morgan fingerprint density at radius 1 is 1.12 bits per heavy atom. The first-order valence-electron chi connectivity index (χ1n) is 8.13. The molecule has 0 aliphatic rings. The molecule has 0 aliphatic carbocycles. The third kappa shape index (κ3) is 4.84. The zero-order valence-electron chi connectivity index (χ0n) is 14.7. The van der Waals surface area contributed by atoms with Crippen molar-refractivity contribution < 1.29 is 19.4 Å². The van der Waals surface area contributed by atoms with Gasteiger partial charge in [0.1, 0.15) is 11.3 Å². The summed E-state index contributed by atoms with van der Waals surface area (Å²) in [6.07, 6.45) is 0.159. The van der Waals surface area contributed by atoms with Gasteiger partial charge in [0.25, 0.3) is 5.91 Å². The van der Waals surface area contributed by atoms with Crippen LogP contribution in [0.4, 0.5) is 5.69 Å². The summed E-state index contributed by atoms with van der Waals surface area (Å²) < 4.78 is 5.06. The topological polar surface area (TPSA) is 90.6 Å². The van der Waals surface area contributed by atoms with Crippen LogP contribution in [0.3, 0.4) is 0 Å². The number of phenols is 1. The summed E-state index contributed by atoms with van der Waals surface area (Å²) in [5, 5.41) is 18.6. The van der Waals surface area contributed by atoms with Crippen LogP contribution in [0.1, 0.15) is 27.9 Å². The summed E-state index contributed by atoms with van der Waals surface area (Å²) in [7, 11) is 0. The van der Waals surface area contributed by atoms with Crippen molar-refractivity contribution in [3.63, 3.8) is 0 Å². The summed E-state index contributed by atoms with van der Waals surface area (Å²) >= 11 is 0. The molecule has 26 heavy (non-hydrogen) atoms. The molecule has 2 aromatic rings. The number of anilines is 1. The number of hydrogen-bond donors (Lipinski definition) is 1. The number of nitrogens with zero attached hydrogens (tertiary/aromatic N) is 2. The minimum Gasteiger partial charge on any atom is -0.507 e. The quantitative estimate of drug-likeness (QED) is 0.807. The lowest BCUT2D eigenvalue weighted by molar-refractivity contribution is -0.121. The van der Waals surface area contributed by atoms with Gasteiger partial charge in [0.2, 0.25) is 0 Å². The second kappa shape index (κ2) is 8.67. The average Bonchev–Trinajstić information content (AvgIpc) is 2.63. The Hall–Kier alpha value is -3.33. The predicted molar refractivity (Wildman–Crippen MR) is 96.9 cm³/mol. The molecule has 0 heterocycles. The lowest BCUT2D eigenvalue weighted by Crippen LogP contribution is -2.35. The number of carbonyl (C=O) groups is 2. The molecule has 6 heteroatoms. The van der Waals surface area contributed by atoms with Crippen molar-refractivity contribution in [2.24, 2.45) is 0 Å². The van der Waals surface area contributed by atoms with E-state index in [1.54, 1.807) is 25.1 Å². The van der Waals surface area contributed by atoms with Gasteiger partial charge in [-0.25, -0.2) is 4.79 Å². The molecule has 2 rings (SSSR count). The molecule has 134 valence electrons. The molecule has 0 saturated heterocycles.